The number of piperidine rings is 1. The SMILES string of the molecule is N#Cc1ccc(OCCCC2CCN(C(=O)[O-])CC2)cc1F. The number of carbonyl (C=O) groups is 1. The maximum Gasteiger partial charge on any atom is 0.144 e. The van der Waals surface area contributed by atoms with Crippen molar-refractivity contribution in [3.8, 4) is 11.8 Å². The molecule has 22 heavy (non-hydrogen) atoms. The van der Waals surface area contributed by atoms with E-state index in [-0.39, 0.29) is 5.56 Å². The average Bonchev–Trinajstić information content (AvgIpc) is 2.52. The number of ether oxygens (including phenoxy) is 1. The van der Waals surface area contributed by atoms with Gasteiger partial charge in [-0.15, -0.1) is 0 Å². The highest BCUT2D eigenvalue weighted by molar-refractivity contribution is 5.62. The number of likely N-dealkylation sites (tertiary alicyclic amines) is 1. The van der Waals surface area contributed by atoms with Gasteiger partial charge in [-0.1, -0.05) is 0 Å². The zero-order valence-electron chi connectivity index (χ0n) is 12.3. The summed E-state index contributed by atoms with van der Waals surface area (Å²) in [6.07, 6.45) is 2.39. The molecular formula is C16H18FN2O3-. The third-order valence-corrected chi connectivity index (χ3v) is 3.96. The number of carbonyl (C=O) groups excluding carboxylic acids is 1. The van der Waals surface area contributed by atoms with E-state index in [2.05, 4.69) is 0 Å². The van der Waals surface area contributed by atoms with Crippen molar-refractivity contribution in [2.45, 2.75) is 25.7 Å². The molecule has 6 heteroatoms. The van der Waals surface area contributed by atoms with E-state index in [4.69, 9.17) is 10.00 Å². The molecule has 0 atom stereocenters. The number of benzene rings is 1. The Bertz CT molecular complexity index is 563. The van der Waals surface area contributed by atoms with Crippen molar-refractivity contribution in [3.63, 3.8) is 0 Å². The predicted octanol–water partition coefficient (Wildman–Crippen LogP) is 1.91. The fraction of sp³-hybridized carbons (Fsp3) is 0.500. The van der Waals surface area contributed by atoms with Gasteiger partial charge in [-0.3, -0.25) is 0 Å². The lowest BCUT2D eigenvalue weighted by Crippen LogP contribution is -2.45. The zero-order chi connectivity index (χ0) is 15.9. The monoisotopic (exact) mass is 305 g/mol. The maximum atomic E-state index is 13.4. The highest BCUT2D eigenvalue weighted by Crippen LogP contribution is 2.22. The molecule has 1 aliphatic rings. The topological polar surface area (TPSA) is 76.4 Å². The van der Waals surface area contributed by atoms with Gasteiger partial charge in [0.2, 0.25) is 0 Å². The first-order chi connectivity index (χ1) is 10.6. The Morgan fingerprint density at radius 3 is 2.77 bits per heavy atom. The van der Waals surface area contributed by atoms with Crippen molar-refractivity contribution in [2.24, 2.45) is 5.92 Å². The molecule has 5 nitrogen and oxygen atoms in total. The van der Waals surface area contributed by atoms with Crippen LogP contribution in [-0.4, -0.2) is 30.7 Å². The standard InChI is InChI=1S/C16H19FN2O3/c17-15-10-14(4-3-13(15)11-18)22-9-1-2-12-5-7-19(8-6-12)16(20)21/h3-4,10,12H,1-2,5-9H2,(H,20,21)/p-1. The van der Waals surface area contributed by atoms with Crippen molar-refractivity contribution in [2.75, 3.05) is 19.7 Å². The highest BCUT2D eigenvalue weighted by Gasteiger charge is 2.18. The van der Waals surface area contributed by atoms with E-state index in [1.807, 2.05) is 0 Å². The Morgan fingerprint density at radius 2 is 2.18 bits per heavy atom. The van der Waals surface area contributed by atoms with E-state index in [1.165, 1.54) is 17.0 Å². The minimum Gasteiger partial charge on any atom is -0.530 e. The molecule has 2 rings (SSSR count). The molecule has 1 amide bonds. The van der Waals surface area contributed by atoms with E-state index in [9.17, 15) is 14.3 Å². The minimum atomic E-state index is -1.09. The van der Waals surface area contributed by atoms with E-state index in [0.29, 0.717) is 31.4 Å². The molecule has 1 fully saturated rings. The largest absolute Gasteiger partial charge is 0.530 e. The first-order valence-electron chi connectivity index (χ1n) is 7.38. The number of hydrogen-bond acceptors (Lipinski definition) is 4. The Labute approximate surface area is 128 Å². The number of nitrogens with zero attached hydrogens (tertiary/aromatic N) is 2. The van der Waals surface area contributed by atoms with Crippen LogP contribution in [-0.2, 0) is 0 Å². The molecule has 1 aliphatic heterocycles. The van der Waals surface area contributed by atoms with E-state index >= 15 is 0 Å². The Morgan fingerprint density at radius 1 is 1.45 bits per heavy atom. The first-order valence-corrected chi connectivity index (χ1v) is 7.38. The Balaban J connectivity index is 1.67. The average molecular weight is 305 g/mol. The third-order valence-electron chi connectivity index (χ3n) is 3.96. The molecule has 1 aromatic rings. The molecule has 0 spiro atoms. The summed E-state index contributed by atoms with van der Waals surface area (Å²) in [6, 6.07) is 5.97. The summed E-state index contributed by atoms with van der Waals surface area (Å²) in [6.45, 7) is 1.55. The van der Waals surface area contributed by atoms with Crippen LogP contribution in [0.15, 0.2) is 18.2 Å². The fourth-order valence-electron chi connectivity index (χ4n) is 2.64. The van der Waals surface area contributed by atoms with E-state index in [0.717, 1.165) is 25.7 Å². The third kappa shape index (κ3) is 4.35. The molecular weight excluding hydrogens is 287 g/mol. The van der Waals surface area contributed by atoms with Crippen LogP contribution in [0.2, 0.25) is 0 Å². The lowest BCUT2D eigenvalue weighted by Gasteiger charge is -2.33. The predicted molar refractivity (Wildman–Crippen MR) is 75.5 cm³/mol. The molecule has 0 aliphatic carbocycles. The fourth-order valence-corrected chi connectivity index (χ4v) is 2.64. The Hall–Kier alpha value is -2.29. The normalized spacial score (nSPS) is 15.4. The number of amides is 1. The smallest absolute Gasteiger partial charge is 0.144 e. The summed E-state index contributed by atoms with van der Waals surface area (Å²) in [5, 5.41) is 19.3. The lowest BCUT2D eigenvalue weighted by molar-refractivity contribution is -0.266. The summed E-state index contributed by atoms with van der Waals surface area (Å²) in [5.41, 5.74) is 0.00651. The summed E-state index contributed by atoms with van der Waals surface area (Å²) in [5.74, 6) is 0.342. The number of carboxylic acid groups (broad SMARTS) is 1. The summed E-state index contributed by atoms with van der Waals surface area (Å²) < 4.78 is 18.9. The molecule has 0 bridgehead atoms. The first kappa shape index (κ1) is 16.1. The molecule has 0 radical (unpaired) electrons. The van der Waals surface area contributed by atoms with Crippen LogP contribution < -0.4 is 9.84 Å². The minimum absolute atomic E-state index is 0.00651. The number of nitriles is 1. The van der Waals surface area contributed by atoms with Gasteiger partial charge in [-0.25, -0.2) is 4.39 Å². The zero-order valence-corrected chi connectivity index (χ0v) is 12.3. The van der Waals surface area contributed by atoms with Crippen molar-refractivity contribution in [3.05, 3.63) is 29.6 Å². The second-order valence-electron chi connectivity index (χ2n) is 5.44. The lowest BCUT2D eigenvalue weighted by atomic mass is 9.92. The molecule has 0 N–H and O–H groups in total. The van der Waals surface area contributed by atoms with Gasteiger partial charge in [0.15, 0.2) is 0 Å². The second-order valence-corrected chi connectivity index (χ2v) is 5.44. The van der Waals surface area contributed by atoms with Gasteiger partial charge < -0.3 is 19.5 Å². The van der Waals surface area contributed by atoms with Crippen LogP contribution in [0.25, 0.3) is 0 Å². The molecule has 1 saturated heterocycles. The van der Waals surface area contributed by atoms with Crippen LogP contribution in [0.4, 0.5) is 9.18 Å². The van der Waals surface area contributed by atoms with Crippen LogP contribution in [0.1, 0.15) is 31.2 Å². The summed E-state index contributed by atoms with van der Waals surface area (Å²) in [4.78, 5) is 12.0. The number of rotatable bonds is 5. The maximum absolute atomic E-state index is 13.4. The van der Waals surface area contributed by atoms with Gasteiger partial charge in [0.25, 0.3) is 0 Å². The summed E-state index contributed by atoms with van der Waals surface area (Å²) >= 11 is 0. The van der Waals surface area contributed by atoms with Crippen LogP contribution in [0, 0.1) is 23.1 Å². The van der Waals surface area contributed by atoms with Gasteiger partial charge >= 0.3 is 0 Å². The molecule has 1 heterocycles. The van der Waals surface area contributed by atoms with Gasteiger partial charge in [-0.05, 0) is 43.7 Å². The van der Waals surface area contributed by atoms with Gasteiger partial charge in [0.05, 0.1) is 12.2 Å². The van der Waals surface area contributed by atoms with Gasteiger partial charge in [-0.2, -0.15) is 5.26 Å². The molecule has 1 aromatic carbocycles. The molecule has 0 unspecified atom stereocenters. The van der Waals surface area contributed by atoms with Crippen molar-refractivity contribution >= 4 is 6.09 Å². The summed E-state index contributed by atoms with van der Waals surface area (Å²) in [7, 11) is 0. The van der Waals surface area contributed by atoms with Crippen molar-refractivity contribution < 1.29 is 19.0 Å². The van der Waals surface area contributed by atoms with Crippen LogP contribution in [0.5, 0.6) is 5.75 Å². The second kappa shape index (κ2) is 7.64. The number of hydrogen-bond donors (Lipinski definition) is 0. The van der Waals surface area contributed by atoms with Crippen LogP contribution >= 0.6 is 0 Å². The Kier molecular flexibility index (Phi) is 5.59. The van der Waals surface area contributed by atoms with Crippen molar-refractivity contribution in [1.82, 2.24) is 4.90 Å². The van der Waals surface area contributed by atoms with E-state index < -0.39 is 11.9 Å². The molecule has 118 valence electrons. The van der Waals surface area contributed by atoms with Crippen molar-refractivity contribution in [1.29, 1.82) is 5.26 Å². The number of halogens is 1. The van der Waals surface area contributed by atoms with E-state index in [1.54, 1.807) is 12.1 Å². The van der Waals surface area contributed by atoms with Gasteiger partial charge in [0, 0.05) is 19.2 Å². The molecule has 0 saturated carbocycles. The quantitative estimate of drug-likeness (QED) is 0.779. The van der Waals surface area contributed by atoms with Gasteiger partial charge in [0.1, 0.15) is 23.7 Å². The molecule has 0 aromatic heterocycles. The van der Waals surface area contributed by atoms with Crippen LogP contribution in [0.3, 0.4) is 0 Å². The highest BCUT2D eigenvalue weighted by atomic mass is 19.1.